The quantitative estimate of drug-likeness (QED) is 0.910. The standard InChI is InChI=1S/C14H20FN3O.ClH/c1-17(8-11-4-2-3-5-13(11)15)14(19)10-18-7-6-12(16)9-18;/h2-5,12H,6-10,16H2,1H3;1H/t12-;/m1./s1. The highest BCUT2D eigenvalue weighted by Crippen LogP contribution is 2.10. The molecule has 112 valence electrons. The highest BCUT2D eigenvalue weighted by Gasteiger charge is 2.22. The predicted molar refractivity (Wildman–Crippen MR) is 79.2 cm³/mol. The van der Waals surface area contributed by atoms with Crippen LogP contribution in [0.25, 0.3) is 0 Å². The Bertz CT molecular complexity index is 458. The van der Waals surface area contributed by atoms with Crippen molar-refractivity contribution in [1.29, 1.82) is 0 Å². The van der Waals surface area contributed by atoms with Gasteiger partial charge in [-0.15, -0.1) is 12.4 Å². The van der Waals surface area contributed by atoms with Crippen LogP contribution in [0.4, 0.5) is 4.39 Å². The molecule has 1 saturated heterocycles. The largest absolute Gasteiger partial charge is 0.340 e. The zero-order chi connectivity index (χ0) is 13.8. The van der Waals surface area contributed by atoms with E-state index >= 15 is 0 Å². The topological polar surface area (TPSA) is 49.6 Å². The number of benzene rings is 1. The summed E-state index contributed by atoms with van der Waals surface area (Å²) in [6, 6.07) is 6.70. The zero-order valence-electron chi connectivity index (χ0n) is 11.6. The van der Waals surface area contributed by atoms with Gasteiger partial charge in [-0.05, 0) is 12.5 Å². The minimum absolute atomic E-state index is 0. The molecule has 0 aromatic heterocycles. The first-order valence-electron chi connectivity index (χ1n) is 6.51. The summed E-state index contributed by atoms with van der Waals surface area (Å²) in [5, 5.41) is 0. The van der Waals surface area contributed by atoms with E-state index in [2.05, 4.69) is 0 Å². The van der Waals surface area contributed by atoms with Gasteiger partial charge in [-0.3, -0.25) is 9.69 Å². The fourth-order valence-corrected chi connectivity index (χ4v) is 2.29. The average Bonchev–Trinajstić information content (AvgIpc) is 2.77. The summed E-state index contributed by atoms with van der Waals surface area (Å²) < 4.78 is 13.5. The maximum absolute atomic E-state index is 13.5. The summed E-state index contributed by atoms with van der Waals surface area (Å²) in [5.74, 6) is -0.275. The van der Waals surface area contributed by atoms with E-state index in [1.165, 1.54) is 6.07 Å². The number of carbonyl (C=O) groups is 1. The minimum atomic E-state index is -0.273. The van der Waals surface area contributed by atoms with Gasteiger partial charge in [-0.1, -0.05) is 18.2 Å². The molecule has 0 saturated carbocycles. The molecule has 2 N–H and O–H groups in total. The monoisotopic (exact) mass is 301 g/mol. The molecule has 0 unspecified atom stereocenters. The molecule has 0 radical (unpaired) electrons. The van der Waals surface area contributed by atoms with Gasteiger partial charge in [-0.2, -0.15) is 0 Å². The first kappa shape index (κ1) is 16.9. The molecule has 2 rings (SSSR count). The summed E-state index contributed by atoms with van der Waals surface area (Å²) in [4.78, 5) is 15.6. The smallest absolute Gasteiger partial charge is 0.236 e. The molecule has 1 amide bonds. The Kier molecular flexibility index (Phi) is 6.39. The molecule has 4 nitrogen and oxygen atoms in total. The zero-order valence-corrected chi connectivity index (χ0v) is 12.4. The van der Waals surface area contributed by atoms with Gasteiger partial charge >= 0.3 is 0 Å². The van der Waals surface area contributed by atoms with Crippen molar-refractivity contribution in [3.63, 3.8) is 0 Å². The van der Waals surface area contributed by atoms with E-state index < -0.39 is 0 Å². The number of hydrogen-bond donors (Lipinski definition) is 1. The van der Waals surface area contributed by atoms with E-state index in [1.807, 2.05) is 4.90 Å². The summed E-state index contributed by atoms with van der Waals surface area (Å²) in [6.45, 7) is 2.28. The van der Waals surface area contributed by atoms with Crippen LogP contribution in [0.15, 0.2) is 24.3 Å². The van der Waals surface area contributed by atoms with Gasteiger partial charge in [0.2, 0.25) is 5.91 Å². The fourth-order valence-electron chi connectivity index (χ4n) is 2.29. The van der Waals surface area contributed by atoms with E-state index in [0.29, 0.717) is 18.7 Å². The van der Waals surface area contributed by atoms with Gasteiger partial charge in [-0.25, -0.2) is 4.39 Å². The SMILES string of the molecule is CN(Cc1ccccc1F)C(=O)CN1CC[C@@H](N)C1.Cl. The lowest BCUT2D eigenvalue weighted by molar-refractivity contribution is -0.131. The number of hydrogen-bond acceptors (Lipinski definition) is 3. The Hall–Kier alpha value is -1.17. The number of carbonyl (C=O) groups excluding carboxylic acids is 1. The Labute approximate surface area is 125 Å². The lowest BCUT2D eigenvalue weighted by atomic mass is 10.2. The second-order valence-electron chi connectivity index (χ2n) is 5.13. The van der Waals surface area contributed by atoms with Crippen LogP contribution in [-0.4, -0.2) is 48.4 Å². The van der Waals surface area contributed by atoms with Crippen LogP contribution in [0.3, 0.4) is 0 Å². The van der Waals surface area contributed by atoms with Crippen molar-refractivity contribution < 1.29 is 9.18 Å². The summed E-state index contributed by atoms with van der Waals surface area (Å²) in [6.07, 6.45) is 0.935. The van der Waals surface area contributed by atoms with Crippen molar-refractivity contribution in [3.05, 3.63) is 35.6 Å². The molecule has 0 spiro atoms. The first-order valence-corrected chi connectivity index (χ1v) is 6.51. The molecule has 1 aliphatic rings. The Balaban J connectivity index is 0.00000200. The van der Waals surface area contributed by atoms with E-state index in [4.69, 9.17) is 5.73 Å². The maximum atomic E-state index is 13.5. The molecule has 1 fully saturated rings. The second-order valence-corrected chi connectivity index (χ2v) is 5.13. The number of rotatable bonds is 4. The molecule has 1 heterocycles. The van der Waals surface area contributed by atoms with E-state index in [-0.39, 0.29) is 30.2 Å². The predicted octanol–water partition coefficient (Wildman–Crippen LogP) is 1.24. The van der Waals surface area contributed by atoms with Gasteiger partial charge in [0.15, 0.2) is 0 Å². The molecule has 1 aliphatic heterocycles. The first-order chi connectivity index (χ1) is 9.06. The molecule has 0 bridgehead atoms. The van der Waals surface area contributed by atoms with Crippen molar-refractivity contribution in [2.75, 3.05) is 26.7 Å². The third-order valence-electron chi connectivity index (χ3n) is 3.46. The van der Waals surface area contributed by atoms with Gasteiger partial charge in [0.05, 0.1) is 6.54 Å². The molecule has 20 heavy (non-hydrogen) atoms. The Morgan fingerprint density at radius 2 is 2.20 bits per heavy atom. The van der Waals surface area contributed by atoms with E-state index in [9.17, 15) is 9.18 Å². The van der Waals surface area contributed by atoms with Crippen molar-refractivity contribution >= 4 is 18.3 Å². The molecule has 0 aliphatic carbocycles. The van der Waals surface area contributed by atoms with Gasteiger partial charge in [0.25, 0.3) is 0 Å². The number of likely N-dealkylation sites (N-methyl/N-ethyl adjacent to an activating group) is 1. The molecule has 6 heteroatoms. The van der Waals surface area contributed by atoms with Crippen molar-refractivity contribution in [2.24, 2.45) is 5.73 Å². The van der Waals surface area contributed by atoms with Gasteiger partial charge in [0, 0.05) is 38.3 Å². The molecule has 1 aromatic carbocycles. The lowest BCUT2D eigenvalue weighted by Crippen LogP contribution is -2.38. The maximum Gasteiger partial charge on any atom is 0.236 e. The van der Waals surface area contributed by atoms with Gasteiger partial charge in [0.1, 0.15) is 5.82 Å². The molecule has 1 aromatic rings. The summed E-state index contributed by atoms with van der Waals surface area (Å²) in [7, 11) is 1.70. The third-order valence-corrected chi connectivity index (χ3v) is 3.46. The number of halogens is 2. The fraction of sp³-hybridized carbons (Fsp3) is 0.500. The highest BCUT2D eigenvalue weighted by molar-refractivity contribution is 5.85. The van der Waals surface area contributed by atoms with E-state index in [1.54, 1.807) is 30.1 Å². The van der Waals surface area contributed by atoms with Crippen LogP contribution in [0.2, 0.25) is 0 Å². The number of amides is 1. The number of nitrogens with zero attached hydrogens (tertiary/aromatic N) is 2. The van der Waals surface area contributed by atoms with Crippen LogP contribution in [0.5, 0.6) is 0 Å². The molecule has 1 atom stereocenters. The number of likely N-dealkylation sites (tertiary alicyclic amines) is 1. The molecular formula is C14H21ClFN3O. The highest BCUT2D eigenvalue weighted by atomic mass is 35.5. The summed E-state index contributed by atoms with van der Waals surface area (Å²) in [5.41, 5.74) is 6.34. The van der Waals surface area contributed by atoms with Crippen LogP contribution < -0.4 is 5.73 Å². The normalized spacial score (nSPS) is 18.6. The minimum Gasteiger partial charge on any atom is -0.340 e. The number of nitrogens with two attached hydrogens (primary N) is 1. The van der Waals surface area contributed by atoms with Crippen molar-refractivity contribution in [1.82, 2.24) is 9.80 Å². The van der Waals surface area contributed by atoms with Crippen LogP contribution in [0.1, 0.15) is 12.0 Å². The van der Waals surface area contributed by atoms with E-state index in [0.717, 1.165) is 19.5 Å². The van der Waals surface area contributed by atoms with Crippen LogP contribution in [-0.2, 0) is 11.3 Å². The van der Waals surface area contributed by atoms with Crippen molar-refractivity contribution in [2.45, 2.75) is 19.0 Å². The van der Waals surface area contributed by atoms with Crippen LogP contribution in [0, 0.1) is 5.82 Å². The summed E-state index contributed by atoms with van der Waals surface area (Å²) >= 11 is 0. The third kappa shape index (κ3) is 4.44. The van der Waals surface area contributed by atoms with Crippen LogP contribution >= 0.6 is 12.4 Å². The lowest BCUT2D eigenvalue weighted by Gasteiger charge is -2.21. The van der Waals surface area contributed by atoms with Crippen molar-refractivity contribution in [3.8, 4) is 0 Å². The average molecular weight is 302 g/mol. The molecular weight excluding hydrogens is 281 g/mol. The Morgan fingerprint density at radius 1 is 1.50 bits per heavy atom. The van der Waals surface area contributed by atoms with Gasteiger partial charge < -0.3 is 10.6 Å². The second kappa shape index (κ2) is 7.57. The Morgan fingerprint density at radius 3 is 2.80 bits per heavy atom.